The van der Waals surface area contributed by atoms with Crippen molar-refractivity contribution >= 4 is 0 Å². The van der Waals surface area contributed by atoms with Crippen LogP contribution in [0.4, 0.5) is 0 Å². The first kappa shape index (κ1) is 11.0. The second kappa shape index (κ2) is 4.66. The molecule has 0 bridgehead atoms. The van der Waals surface area contributed by atoms with E-state index in [4.69, 9.17) is 5.26 Å². The average molecular weight is 237 g/mol. The molecule has 0 atom stereocenters. The molecule has 1 aromatic heterocycles. The standard InChI is InChI=1S/C15H15N3/c16-8-7-12-3-5-14(6-4-12)15-9-17-18(11-15)10-13-1-2-13/h3-6,9,11,13H,1-2,7,10H2. The van der Waals surface area contributed by atoms with Gasteiger partial charge in [-0.2, -0.15) is 10.4 Å². The van der Waals surface area contributed by atoms with E-state index in [0.29, 0.717) is 6.42 Å². The molecule has 3 nitrogen and oxygen atoms in total. The average Bonchev–Trinajstić information content (AvgIpc) is 3.07. The van der Waals surface area contributed by atoms with E-state index in [1.54, 1.807) is 0 Å². The molecule has 1 aliphatic carbocycles. The van der Waals surface area contributed by atoms with Gasteiger partial charge in [-0.1, -0.05) is 24.3 Å². The molecule has 1 aromatic carbocycles. The van der Waals surface area contributed by atoms with Crippen molar-refractivity contribution in [2.45, 2.75) is 25.8 Å². The van der Waals surface area contributed by atoms with Crippen LogP contribution in [0.25, 0.3) is 11.1 Å². The summed E-state index contributed by atoms with van der Waals surface area (Å²) in [5.41, 5.74) is 3.38. The van der Waals surface area contributed by atoms with Gasteiger partial charge in [0.1, 0.15) is 0 Å². The summed E-state index contributed by atoms with van der Waals surface area (Å²) in [6.07, 6.45) is 7.19. The molecule has 0 spiro atoms. The second-order valence-corrected chi connectivity index (χ2v) is 4.93. The van der Waals surface area contributed by atoms with Gasteiger partial charge in [0, 0.05) is 18.3 Å². The van der Waals surface area contributed by atoms with E-state index in [1.165, 1.54) is 18.4 Å². The monoisotopic (exact) mass is 237 g/mol. The van der Waals surface area contributed by atoms with E-state index in [0.717, 1.165) is 23.6 Å². The number of hydrogen-bond donors (Lipinski definition) is 0. The topological polar surface area (TPSA) is 41.6 Å². The smallest absolute Gasteiger partial charge is 0.0669 e. The van der Waals surface area contributed by atoms with Gasteiger partial charge in [0.25, 0.3) is 0 Å². The van der Waals surface area contributed by atoms with Crippen molar-refractivity contribution in [3.05, 3.63) is 42.2 Å². The summed E-state index contributed by atoms with van der Waals surface area (Å²) >= 11 is 0. The third-order valence-corrected chi connectivity index (χ3v) is 3.35. The third-order valence-electron chi connectivity index (χ3n) is 3.35. The van der Waals surface area contributed by atoms with Crippen molar-refractivity contribution in [3.8, 4) is 17.2 Å². The molecule has 18 heavy (non-hydrogen) atoms. The SMILES string of the molecule is N#CCc1ccc(-c2cnn(CC3CC3)c2)cc1. The zero-order valence-electron chi connectivity index (χ0n) is 10.2. The fourth-order valence-electron chi connectivity index (χ4n) is 2.08. The molecule has 0 amide bonds. The minimum Gasteiger partial charge on any atom is -0.272 e. The number of rotatable bonds is 4. The molecule has 1 saturated carbocycles. The Morgan fingerprint density at radius 1 is 1.22 bits per heavy atom. The van der Waals surface area contributed by atoms with Gasteiger partial charge in [-0.05, 0) is 29.9 Å². The zero-order valence-corrected chi connectivity index (χ0v) is 10.2. The third kappa shape index (κ3) is 2.43. The van der Waals surface area contributed by atoms with Gasteiger partial charge < -0.3 is 0 Å². The maximum Gasteiger partial charge on any atom is 0.0669 e. The van der Waals surface area contributed by atoms with Crippen LogP contribution in [0.5, 0.6) is 0 Å². The maximum absolute atomic E-state index is 8.64. The van der Waals surface area contributed by atoms with Crippen LogP contribution in [0.1, 0.15) is 18.4 Å². The highest BCUT2D eigenvalue weighted by Crippen LogP contribution is 2.30. The molecule has 0 saturated heterocycles. The van der Waals surface area contributed by atoms with Crippen LogP contribution in [0.3, 0.4) is 0 Å². The van der Waals surface area contributed by atoms with Gasteiger partial charge in [0.15, 0.2) is 0 Å². The molecule has 0 unspecified atom stereocenters. The molecule has 1 fully saturated rings. The Hall–Kier alpha value is -2.08. The van der Waals surface area contributed by atoms with E-state index >= 15 is 0 Å². The first-order chi connectivity index (χ1) is 8.85. The molecule has 0 aliphatic heterocycles. The summed E-state index contributed by atoms with van der Waals surface area (Å²) in [5, 5.41) is 13.0. The summed E-state index contributed by atoms with van der Waals surface area (Å²) in [5.74, 6) is 0.843. The molecule has 1 aliphatic rings. The highest BCUT2D eigenvalue weighted by atomic mass is 15.3. The van der Waals surface area contributed by atoms with Crippen molar-refractivity contribution in [2.75, 3.05) is 0 Å². The Balaban J connectivity index is 1.76. The van der Waals surface area contributed by atoms with Crippen molar-refractivity contribution in [1.29, 1.82) is 5.26 Å². The predicted octanol–water partition coefficient (Wildman–Crippen LogP) is 3.03. The van der Waals surface area contributed by atoms with Gasteiger partial charge >= 0.3 is 0 Å². The fraction of sp³-hybridized carbons (Fsp3) is 0.333. The molecule has 3 heteroatoms. The Kier molecular flexibility index (Phi) is 2.85. The normalized spacial score (nSPS) is 14.4. The van der Waals surface area contributed by atoms with Crippen molar-refractivity contribution in [2.24, 2.45) is 5.92 Å². The van der Waals surface area contributed by atoms with Crippen LogP contribution in [-0.2, 0) is 13.0 Å². The van der Waals surface area contributed by atoms with E-state index in [2.05, 4.69) is 29.5 Å². The van der Waals surface area contributed by atoms with Gasteiger partial charge in [-0.15, -0.1) is 0 Å². The summed E-state index contributed by atoms with van der Waals surface area (Å²) in [4.78, 5) is 0. The van der Waals surface area contributed by atoms with Crippen molar-refractivity contribution < 1.29 is 0 Å². The Morgan fingerprint density at radius 2 is 2.00 bits per heavy atom. The van der Waals surface area contributed by atoms with Crippen molar-refractivity contribution in [3.63, 3.8) is 0 Å². The fourth-order valence-corrected chi connectivity index (χ4v) is 2.08. The molecular weight excluding hydrogens is 222 g/mol. The van der Waals surface area contributed by atoms with Crippen LogP contribution in [-0.4, -0.2) is 9.78 Å². The lowest BCUT2D eigenvalue weighted by molar-refractivity contribution is 0.563. The quantitative estimate of drug-likeness (QED) is 0.820. The van der Waals surface area contributed by atoms with Gasteiger partial charge in [-0.25, -0.2) is 0 Å². The minimum absolute atomic E-state index is 0.473. The Labute approximate surface area is 107 Å². The minimum atomic E-state index is 0.473. The largest absolute Gasteiger partial charge is 0.272 e. The maximum atomic E-state index is 8.64. The van der Waals surface area contributed by atoms with Crippen LogP contribution >= 0.6 is 0 Å². The van der Waals surface area contributed by atoms with E-state index in [9.17, 15) is 0 Å². The molecule has 3 rings (SSSR count). The zero-order chi connectivity index (χ0) is 12.4. The van der Waals surface area contributed by atoms with Gasteiger partial charge in [0.2, 0.25) is 0 Å². The van der Waals surface area contributed by atoms with Crippen LogP contribution in [0, 0.1) is 17.2 Å². The molecule has 2 aromatic rings. The first-order valence-electron chi connectivity index (χ1n) is 6.34. The summed E-state index contributed by atoms with van der Waals surface area (Å²) in [6.45, 7) is 1.05. The first-order valence-corrected chi connectivity index (χ1v) is 6.34. The lowest BCUT2D eigenvalue weighted by Crippen LogP contribution is -1.98. The summed E-state index contributed by atoms with van der Waals surface area (Å²) < 4.78 is 2.04. The molecule has 0 N–H and O–H groups in total. The Morgan fingerprint density at radius 3 is 2.67 bits per heavy atom. The van der Waals surface area contributed by atoms with E-state index in [-0.39, 0.29) is 0 Å². The van der Waals surface area contributed by atoms with Gasteiger partial charge in [0.05, 0.1) is 18.7 Å². The molecule has 1 heterocycles. The molecule has 0 radical (unpaired) electrons. The number of nitrogens with zero attached hydrogens (tertiary/aromatic N) is 3. The van der Waals surface area contributed by atoms with Crippen LogP contribution in [0.15, 0.2) is 36.7 Å². The summed E-state index contributed by atoms with van der Waals surface area (Å²) in [7, 11) is 0. The predicted molar refractivity (Wildman–Crippen MR) is 69.7 cm³/mol. The lowest BCUT2D eigenvalue weighted by Gasteiger charge is -1.99. The molecular formula is C15H15N3. The van der Waals surface area contributed by atoms with Crippen molar-refractivity contribution in [1.82, 2.24) is 9.78 Å². The molecule has 90 valence electrons. The number of benzene rings is 1. The van der Waals surface area contributed by atoms with E-state index < -0.39 is 0 Å². The Bertz CT molecular complexity index is 571. The van der Waals surface area contributed by atoms with E-state index in [1.807, 2.05) is 23.0 Å². The van der Waals surface area contributed by atoms with Crippen LogP contribution in [0.2, 0.25) is 0 Å². The lowest BCUT2D eigenvalue weighted by atomic mass is 10.1. The highest BCUT2D eigenvalue weighted by Gasteiger charge is 2.21. The van der Waals surface area contributed by atoms with Gasteiger partial charge in [-0.3, -0.25) is 4.68 Å². The van der Waals surface area contributed by atoms with Crippen LogP contribution < -0.4 is 0 Å². The number of hydrogen-bond acceptors (Lipinski definition) is 2. The number of nitriles is 1. The second-order valence-electron chi connectivity index (χ2n) is 4.93. The summed E-state index contributed by atoms with van der Waals surface area (Å²) in [6, 6.07) is 10.3. The number of aromatic nitrogens is 2. The highest BCUT2D eigenvalue weighted by molar-refractivity contribution is 5.62.